The minimum Gasteiger partial charge on any atom is -0.293 e. The molecule has 0 atom stereocenters. The molecule has 0 bridgehead atoms. The van der Waals surface area contributed by atoms with Crippen molar-refractivity contribution >= 4 is 39.0 Å². The maximum atomic E-state index is 11.3. The van der Waals surface area contributed by atoms with Crippen LogP contribution in [-0.2, 0) is 0 Å². The molecule has 0 saturated carbocycles. The van der Waals surface area contributed by atoms with Gasteiger partial charge in [0.25, 0.3) is 5.69 Å². The van der Waals surface area contributed by atoms with E-state index in [0.717, 1.165) is 0 Å². The molecule has 0 aliphatic heterocycles. The van der Waals surface area contributed by atoms with Crippen LogP contribution >= 0.6 is 27.5 Å². The number of nitro groups is 1. The number of hydrogen-bond acceptors (Lipinski definition) is 3. The van der Waals surface area contributed by atoms with Gasteiger partial charge in [-0.05, 0) is 34.5 Å². The first kappa shape index (κ1) is 12.1. The lowest BCUT2D eigenvalue weighted by molar-refractivity contribution is -0.386. The topological polar surface area (TPSA) is 60.2 Å². The summed E-state index contributed by atoms with van der Waals surface area (Å²) in [6.07, 6.45) is 0. The smallest absolute Gasteiger partial charge is 0.293 e. The van der Waals surface area contributed by atoms with Crippen LogP contribution in [-0.4, -0.2) is 16.6 Å². The van der Waals surface area contributed by atoms with Crippen molar-refractivity contribution in [3.63, 3.8) is 0 Å². The van der Waals surface area contributed by atoms with Crippen molar-refractivity contribution in [1.82, 2.24) is 0 Å². The van der Waals surface area contributed by atoms with E-state index in [1.807, 2.05) is 0 Å². The Hall–Kier alpha value is -0.940. The first-order chi connectivity index (χ1) is 6.99. The molecule has 80 valence electrons. The summed E-state index contributed by atoms with van der Waals surface area (Å²) in [5.41, 5.74) is 0.515. The van der Waals surface area contributed by atoms with Crippen LogP contribution in [0.15, 0.2) is 16.6 Å². The number of aryl methyl sites for hydroxylation is 1. The van der Waals surface area contributed by atoms with Crippen LogP contribution in [0.1, 0.15) is 15.9 Å². The van der Waals surface area contributed by atoms with Crippen molar-refractivity contribution in [3.8, 4) is 0 Å². The Balaban J connectivity index is 3.46. The highest BCUT2D eigenvalue weighted by Gasteiger charge is 2.23. The minimum absolute atomic E-state index is 0.0347. The van der Waals surface area contributed by atoms with Crippen LogP contribution in [0.25, 0.3) is 0 Å². The lowest BCUT2D eigenvalue weighted by atomic mass is 10.1. The molecule has 0 unspecified atom stereocenters. The zero-order valence-corrected chi connectivity index (χ0v) is 10.1. The highest BCUT2D eigenvalue weighted by atomic mass is 79.9. The number of benzene rings is 1. The predicted molar refractivity (Wildman–Crippen MR) is 60.6 cm³/mol. The molecule has 0 heterocycles. The summed E-state index contributed by atoms with van der Waals surface area (Å²) in [7, 11) is 0. The third kappa shape index (κ3) is 2.35. The zero-order chi connectivity index (χ0) is 11.6. The van der Waals surface area contributed by atoms with E-state index in [1.54, 1.807) is 13.0 Å². The van der Waals surface area contributed by atoms with E-state index in [4.69, 9.17) is 11.6 Å². The number of nitrogens with zero attached hydrogens (tertiary/aromatic N) is 1. The van der Waals surface area contributed by atoms with Crippen molar-refractivity contribution < 1.29 is 9.72 Å². The minimum atomic E-state index is -0.586. The van der Waals surface area contributed by atoms with Gasteiger partial charge in [0.15, 0.2) is 5.78 Å². The first-order valence-electron chi connectivity index (χ1n) is 4.01. The molecule has 0 saturated heterocycles. The van der Waals surface area contributed by atoms with Crippen LogP contribution < -0.4 is 0 Å². The zero-order valence-electron chi connectivity index (χ0n) is 7.79. The number of Topliss-reactive ketones (excluding diaryl/α,β-unsaturated/α-hetero) is 1. The summed E-state index contributed by atoms with van der Waals surface area (Å²) in [4.78, 5) is 21.6. The third-order valence-corrected chi connectivity index (χ3v) is 3.16. The Kier molecular flexibility index (Phi) is 3.82. The Bertz CT molecular complexity index is 434. The van der Waals surface area contributed by atoms with Gasteiger partial charge in [-0.1, -0.05) is 6.07 Å². The van der Waals surface area contributed by atoms with Crippen molar-refractivity contribution in [2.24, 2.45) is 0 Å². The largest absolute Gasteiger partial charge is 0.294 e. The van der Waals surface area contributed by atoms with Crippen molar-refractivity contribution in [3.05, 3.63) is 37.8 Å². The van der Waals surface area contributed by atoms with Crippen LogP contribution in [0.3, 0.4) is 0 Å². The average molecular weight is 293 g/mol. The summed E-state index contributed by atoms with van der Waals surface area (Å²) in [5, 5.41) is 10.8. The quantitative estimate of drug-likeness (QED) is 0.372. The fourth-order valence-electron chi connectivity index (χ4n) is 1.14. The van der Waals surface area contributed by atoms with Crippen LogP contribution in [0, 0.1) is 17.0 Å². The first-order valence-corrected chi connectivity index (χ1v) is 5.34. The van der Waals surface area contributed by atoms with E-state index in [0.29, 0.717) is 10.0 Å². The molecule has 0 aliphatic carbocycles. The molecular formula is C9H7BrClNO3. The van der Waals surface area contributed by atoms with Gasteiger partial charge >= 0.3 is 0 Å². The second kappa shape index (κ2) is 4.72. The second-order valence-corrected chi connectivity index (χ2v) is 3.97. The molecule has 0 radical (unpaired) electrons. The lowest BCUT2D eigenvalue weighted by Crippen LogP contribution is -2.06. The Morgan fingerprint density at radius 2 is 2.20 bits per heavy atom. The molecule has 0 fully saturated rings. The molecular weight excluding hydrogens is 285 g/mol. The van der Waals surface area contributed by atoms with E-state index in [-0.39, 0.29) is 17.1 Å². The number of carbonyl (C=O) groups excluding carboxylic acids is 1. The molecule has 0 aromatic heterocycles. The molecule has 15 heavy (non-hydrogen) atoms. The van der Waals surface area contributed by atoms with Gasteiger partial charge in [-0.2, -0.15) is 0 Å². The summed E-state index contributed by atoms with van der Waals surface area (Å²) < 4.78 is 0.323. The van der Waals surface area contributed by atoms with Crippen molar-refractivity contribution in [1.29, 1.82) is 0 Å². The standard InChI is InChI=1S/C9H7BrClNO3/c1-5-2-3-6(7(13)4-11)9(8(5)10)12(14)15/h2-3H,4H2,1H3. The van der Waals surface area contributed by atoms with E-state index in [1.165, 1.54) is 6.07 Å². The molecule has 6 heteroatoms. The molecule has 4 nitrogen and oxygen atoms in total. The maximum Gasteiger partial charge on any atom is 0.294 e. The fourth-order valence-corrected chi connectivity index (χ4v) is 1.78. The maximum absolute atomic E-state index is 11.3. The number of ketones is 1. The van der Waals surface area contributed by atoms with E-state index >= 15 is 0 Å². The van der Waals surface area contributed by atoms with Crippen LogP contribution in [0.2, 0.25) is 0 Å². The normalized spacial score (nSPS) is 10.1. The van der Waals surface area contributed by atoms with Gasteiger partial charge in [0.05, 0.1) is 20.8 Å². The summed E-state index contributed by atoms with van der Waals surface area (Å²) >= 11 is 8.46. The van der Waals surface area contributed by atoms with Gasteiger partial charge in [0, 0.05) is 0 Å². The average Bonchev–Trinajstić information content (AvgIpc) is 2.20. The third-order valence-electron chi connectivity index (χ3n) is 1.91. The number of hydrogen-bond donors (Lipinski definition) is 0. The molecule has 1 aromatic rings. The van der Waals surface area contributed by atoms with Crippen molar-refractivity contribution in [2.75, 3.05) is 5.88 Å². The summed E-state index contributed by atoms with van der Waals surface area (Å²) in [6, 6.07) is 3.06. The van der Waals surface area contributed by atoms with Crippen LogP contribution in [0.5, 0.6) is 0 Å². The number of halogens is 2. The number of alkyl halides is 1. The summed E-state index contributed by atoms with van der Waals surface area (Å²) in [6.45, 7) is 1.71. The number of carbonyl (C=O) groups is 1. The second-order valence-electron chi connectivity index (χ2n) is 2.91. The number of rotatable bonds is 3. The number of nitro benzene ring substituents is 1. The van der Waals surface area contributed by atoms with Gasteiger partial charge in [0.1, 0.15) is 0 Å². The highest BCUT2D eigenvalue weighted by molar-refractivity contribution is 9.10. The SMILES string of the molecule is Cc1ccc(C(=O)CCl)c([N+](=O)[O-])c1Br. The van der Waals surface area contributed by atoms with Gasteiger partial charge in [-0.3, -0.25) is 14.9 Å². The Morgan fingerprint density at radius 1 is 1.60 bits per heavy atom. The van der Waals surface area contributed by atoms with E-state index in [9.17, 15) is 14.9 Å². The van der Waals surface area contributed by atoms with Gasteiger partial charge in [-0.15, -0.1) is 11.6 Å². The molecule has 1 rings (SSSR count). The molecule has 0 amide bonds. The highest BCUT2D eigenvalue weighted by Crippen LogP contribution is 2.32. The molecule has 0 spiro atoms. The molecule has 1 aromatic carbocycles. The van der Waals surface area contributed by atoms with Crippen LogP contribution in [0.4, 0.5) is 5.69 Å². The van der Waals surface area contributed by atoms with E-state index in [2.05, 4.69) is 15.9 Å². The van der Waals surface area contributed by atoms with Gasteiger partial charge in [0.2, 0.25) is 0 Å². The Labute approximate surface area is 99.5 Å². The molecule has 0 N–H and O–H groups in total. The Morgan fingerprint density at radius 3 is 2.67 bits per heavy atom. The van der Waals surface area contributed by atoms with E-state index < -0.39 is 10.7 Å². The fraction of sp³-hybridized carbons (Fsp3) is 0.222. The summed E-state index contributed by atoms with van der Waals surface area (Å²) in [5.74, 6) is -0.722. The lowest BCUT2D eigenvalue weighted by Gasteiger charge is -2.04. The molecule has 0 aliphatic rings. The van der Waals surface area contributed by atoms with Crippen molar-refractivity contribution in [2.45, 2.75) is 6.92 Å². The predicted octanol–water partition coefficient (Wildman–Crippen LogP) is 3.09. The van der Waals surface area contributed by atoms with Gasteiger partial charge < -0.3 is 0 Å². The monoisotopic (exact) mass is 291 g/mol. The van der Waals surface area contributed by atoms with Gasteiger partial charge in [-0.25, -0.2) is 0 Å².